The first-order valence-corrected chi connectivity index (χ1v) is 8.71. The van der Waals surface area contributed by atoms with E-state index in [9.17, 15) is 13.2 Å². The summed E-state index contributed by atoms with van der Waals surface area (Å²) in [6.07, 6.45) is 4.50. The van der Waals surface area contributed by atoms with Crippen LogP contribution in [0.3, 0.4) is 0 Å². The van der Waals surface area contributed by atoms with Crippen LogP contribution in [0, 0.1) is 5.92 Å². The Hall–Kier alpha value is -1.08. The average molecular weight is 321 g/mol. The first-order valence-electron chi connectivity index (χ1n) is 6.89. The Bertz CT molecular complexity index is 448. The zero-order valence-electron chi connectivity index (χ0n) is 13.7. The van der Waals surface area contributed by atoms with Crippen LogP contribution < -0.4 is 5.32 Å². The fourth-order valence-electron chi connectivity index (χ4n) is 1.54. The van der Waals surface area contributed by atoms with Crippen molar-refractivity contribution in [1.29, 1.82) is 0 Å². The number of amides is 1. The SMILES string of the molecule is CC(C)CC(/C=C\COS(C)(=O)=O)NC(=O)OC(C)(C)C. The topological polar surface area (TPSA) is 81.7 Å². The lowest BCUT2D eigenvalue weighted by Crippen LogP contribution is -2.38. The molecule has 0 aliphatic carbocycles. The predicted molar refractivity (Wildman–Crippen MR) is 82.5 cm³/mol. The molecule has 0 spiro atoms. The fourth-order valence-corrected chi connectivity index (χ4v) is 1.86. The summed E-state index contributed by atoms with van der Waals surface area (Å²) in [5.41, 5.74) is -0.560. The van der Waals surface area contributed by atoms with E-state index in [-0.39, 0.29) is 12.6 Å². The molecule has 0 bridgehead atoms. The van der Waals surface area contributed by atoms with Gasteiger partial charge >= 0.3 is 6.09 Å². The highest BCUT2D eigenvalue weighted by molar-refractivity contribution is 7.85. The Morgan fingerprint density at radius 2 is 1.86 bits per heavy atom. The van der Waals surface area contributed by atoms with E-state index < -0.39 is 21.8 Å². The molecule has 0 aromatic heterocycles. The molecule has 0 heterocycles. The van der Waals surface area contributed by atoms with Crippen molar-refractivity contribution in [3.05, 3.63) is 12.2 Å². The molecule has 0 aromatic rings. The summed E-state index contributed by atoms with van der Waals surface area (Å²) in [7, 11) is -3.46. The molecule has 1 amide bonds. The Labute approximate surface area is 128 Å². The minimum Gasteiger partial charge on any atom is -0.444 e. The molecule has 0 rings (SSSR count). The van der Waals surface area contributed by atoms with E-state index in [1.807, 2.05) is 13.8 Å². The van der Waals surface area contributed by atoms with Crippen LogP contribution in [0.1, 0.15) is 41.0 Å². The summed E-state index contributed by atoms with van der Waals surface area (Å²) in [5, 5.41) is 2.75. The van der Waals surface area contributed by atoms with E-state index in [1.165, 1.54) is 0 Å². The van der Waals surface area contributed by atoms with Crippen LogP contribution in [0.25, 0.3) is 0 Å². The van der Waals surface area contributed by atoms with Crippen molar-refractivity contribution in [2.75, 3.05) is 12.9 Å². The number of nitrogens with one attached hydrogen (secondary N) is 1. The van der Waals surface area contributed by atoms with Crippen molar-refractivity contribution in [3.8, 4) is 0 Å². The molecule has 7 heteroatoms. The van der Waals surface area contributed by atoms with Gasteiger partial charge in [0, 0.05) is 0 Å². The van der Waals surface area contributed by atoms with Crippen molar-refractivity contribution in [3.63, 3.8) is 0 Å². The van der Waals surface area contributed by atoms with Crippen LogP contribution in [-0.4, -0.2) is 39.0 Å². The maximum atomic E-state index is 11.7. The molecule has 0 fully saturated rings. The molecule has 1 N–H and O–H groups in total. The van der Waals surface area contributed by atoms with E-state index in [2.05, 4.69) is 9.50 Å². The van der Waals surface area contributed by atoms with Gasteiger partial charge in [-0.25, -0.2) is 4.79 Å². The number of ether oxygens (including phenoxy) is 1. The van der Waals surface area contributed by atoms with Gasteiger partial charge in [0.2, 0.25) is 0 Å². The summed E-state index contributed by atoms with van der Waals surface area (Å²) < 4.78 is 31.5. The molecule has 0 aliphatic rings. The second-order valence-corrected chi connectivity index (χ2v) is 7.94. The van der Waals surface area contributed by atoms with E-state index in [4.69, 9.17) is 4.74 Å². The normalized spacial score (nSPS) is 14.4. The van der Waals surface area contributed by atoms with E-state index in [0.29, 0.717) is 12.3 Å². The van der Waals surface area contributed by atoms with Gasteiger partial charge in [-0.2, -0.15) is 8.42 Å². The maximum absolute atomic E-state index is 11.7. The molecule has 0 saturated carbocycles. The van der Waals surface area contributed by atoms with Crippen LogP contribution in [0.4, 0.5) is 4.79 Å². The molecule has 1 unspecified atom stereocenters. The standard InChI is InChI=1S/C14H27NO5S/c1-11(2)10-12(8-7-9-19-21(6,17)18)15-13(16)20-14(3,4)5/h7-8,11-12H,9-10H2,1-6H3,(H,15,16)/b8-7-. The zero-order valence-corrected chi connectivity index (χ0v) is 14.5. The largest absolute Gasteiger partial charge is 0.444 e. The summed E-state index contributed by atoms with van der Waals surface area (Å²) in [5.74, 6) is 0.366. The minimum absolute atomic E-state index is 0.0522. The highest BCUT2D eigenvalue weighted by atomic mass is 32.2. The van der Waals surface area contributed by atoms with Crippen LogP contribution in [0.5, 0.6) is 0 Å². The van der Waals surface area contributed by atoms with Crippen LogP contribution >= 0.6 is 0 Å². The zero-order chi connectivity index (χ0) is 16.7. The molecule has 124 valence electrons. The van der Waals surface area contributed by atoms with Crippen LogP contribution in [-0.2, 0) is 19.0 Å². The number of hydrogen-bond acceptors (Lipinski definition) is 5. The third-order valence-electron chi connectivity index (χ3n) is 2.17. The van der Waals surface area contributed by atoms with Gasteiger partial charge in [0.15, 0.2) is 0 Å². The monoisotopic (exact) mass is 321 g/mol. The number of alkyl carbamates (subject to hydrolysis) is 1. The molecule has 0 aliphatic heterocycles. The summed E-state index contributed by atoms with van der Waals surface area (Å²) >= 11 is 0. The Morgan fingerprint density at radius 1 is 1.29 bits per heavy atom. The Morgan fingerprint density at radius 3 is 2.29 bits per heavy atom. The molecular weight excluding hydrogens is 294 g/mol. The highest BCUT2D eigenvalue weighted by Gasteiger charge is 2.18. The minimum atomic E-state index is -3.46. The van der Waals surface area contributed by atoms with Crippen molar-refractivity contribution in [2.45, 2.75) is 52.7 Å². The van der Waals surface area contributed by atoms with Gasteiger partial charge in [-0.1, -0.05) is 26.0 Å². The van der Waals surface area contributed by atoms with Crippen molar-refractivity contribution in [2.24, 2.45) is 5.92 Å². The summed E-state index contributed by atoms with van der Waals surface area (Å²) in [6, 6.07) is -0.233. The van der Waals surface area contributed by atoms with Gasteiger partial charge in [0.1, 0.15) is 5.60 Å². The molecule has 0 aromatic carbocycles. The Balaban J connectivity index is 4.51. The molecule has 6 nitrogen and oxygen atoms in total. The van der Waals surface area contributed by atoms with Gasteiger partial charge < -0.3 is 10.1 Å². The second kappa shape index (κ2) is 8.38. The third-order valence-corrected chi connectivity index (χ3v) is 2.74. The molecule has 1 atom stereocenters. The molecule has 0 radical (unpaired) electrons. The number of carbonyl (C=O) groups is 1. The predicted octanol–water partition coefficient (Wildman–Crippen LogP) is 2.46. The lowest BCUT2D eigenvalue weighted by molar-refractivity contribution is 0.0510. The molecule has 21 heavy (non-hydrogen) atoms. The van der Waals surface area contributed by atoms with Crippen molar-refractivity contribution < 1.29 is 22.1 Å². The van der Waals surface area contributed by atoms with Gasteiger partial charge in [-0.15, -0.1) is 0 Å². The van der Waals surface area contributed by atoms with E-state index in [1.54, 1.807) is 32.9 Å². The first-order chi connectivity index (χ1) is 9.39. The molecular formula is C14H27NO5S. The lowest BCUT2D eigenvalue weighted by atomic mass is 10.0. The van der Waals surface area contributed by atoms with Crippen molar-refractivity contribution in [1.82, 2.24) is 5.32 Å². The molecule has 0 saturated heterocycles. The summed E-state index contributed by atoms with van der Waals surface area (Å²) in [6.45, 7) is 9.39. The van der Waals surface area contributed by atoms with Crippen LogP contribution in [0.15, 0.2) is 12.2 Å². The van der Waals surface area contributed by atoms with Gasteiger partial charge in [0.05, 0.1) is 18.9 Å². The first kappa shape index (κ1) is 19.9. The van der Waals surface area contributed by atoms with Gasteiger partial charge in [0.25, 0.3) is 10.1 Å². The average Bonchev–Trinajstić information content (AvgIpc) is 2.18. The summed E-state index contributed by atoms with van der Waals surface area (Å²) in [4.78, 5) is 11.7. The smallest absolute Gasteiger partial charge is 0.408 e. The maximum Gasteiger partial charge on any atom is 0.408 e. The van der Waals surface area contributed by atoms with Gasteiger partial charge in [-0.3, -0.25) is 4.18 Å². The Kier molecular flexibility index (Phi) is 7.95. The second-order valence-electron chi connectivity index (χ2n) is 6.30. The number of hydrogen-bond donors (Lipinski definition) is 1. The van der Waals surface area contributed by atoms with Crippen molar-refractivity contribution >= 4 is 16.2 Å². The van der Waals surface area contributed by atoms with Crippen LogP contribution in [0.2, 0.25) is 0 Å². The van der Waals surface area contributed by atoms with Gasteiger partial charge in [-0.05, 0) is 33.1 Å². The fraction of sp³-hybridized carbons (Fsp3) is 0.786. The lowest BCUT2D eigenvalue weighted by Gasteiger charge is -2.23. The highest BCUT2D eigenvalue weighted by Crippen LogP contribution is 2.10. The van der Waals surface area contributed by atoms with E-state index >= 15 is 0 Å². The number of carbonyl (C=O) groups excluding carboxylic acids is 1. The third kappa shape index (κ3) is 13.7. The number of rotatable bonds is 7. The quantitative estimate of drug-likeness (QED) is 0.575. The van der Waals surface area contributed by atoms with E-state index in [0.717, 1.165) is 6.26 Å².